The fourth-order valence-electron chi connectivity index (χ4n) is 7.15. The number of hydrogen-bond donors (Lipinski definition) is 1. The van der Waals surface area contributed by atoms with E-state index in [-0.39, 0.29) is 12.5 Å². The predicted molar refractivity (Wildman–Crippen MR) is 115 cm³/mol. The van der Waals surface area contributed by atoms with Crippen LogP contribution in [0.25, 0.3) is 0 Å². The molecule has 1 aromatic rings. The smallest absolute Gasteiger partial charge is 0.260 e. The third-order valence-corrected chi connectivity index (χ3v) is 8.43. The molecule has 1 aliphatic heterocycles. The van der Waals surface area contributed by atoms with Gasteiger partial charge in [0.15, 0.2) is 6.61 Å². The molecule has 164 valence electrons. The molecule has 0 radical (unpaired) electrons. The van der Waals surface area contributed by atoms with Crippen LogP contribution >= 0.6 is 0 Å². The quantitative estimate of drug-likeness (QED) is 0.748. The molecule has 5 fully saturated rings. The Morgan fingerprint density at radius 1 is 1.13 bits per heavy atom. The third-order valence-electron chi connectivity index (χ3n) is 8.43. The van der Waals surface area contributed by atoms with E-state index in [0.29, 0.717) is 37.8 Å². The zero-order chi connectivity index (χ0) is 20.6. The maximum absolute atomic E-state index is 12.4. The van der Waals surface area contributed by atoms with E-state index in [4.69, 9.17) is 9.47 Å². The molecular formula is C25H37N2O3+. The molecule has 1 aromatic carbocycles. The molecule has 1 amide bonds. The van der Waals surface area contributed by atoms with Crippen LogP contribution in [0.4, 0.5) is 0 Å². The second-order valence-corrected chi connectivity index (χ2v) is 10.4. The van der Waals surface area contributed by atoms with Crippen molar-refractivity contribution in [1.82, 2.24) is 4.90 Å². The van der Waals surface area contributed by atoms with E-state index in [9.17, 15) is 4.79 Å². The highest BCUT2D eigenvalue weighted by Gasteiger charge is 2.54. The summed E-state index contributed by atoms with van der Waals surface area (Å²) in [4.78, 5) is 14.3. The Morgan fingerprint density at radius 2 is 1.77 bits per heavy atom. The van der Waals surface area contributed by atoms with E-state index in [1.807, 2.05) is 17.0 Å². The van der Waals surface area contributed by atoms with Crippen molar-refractivity contribution in [3.63, 3.8) is 0 Å². The minimum absolute atomic E-state index is 0.0546. The van der Waals surface area contributed by atoms with Crippen LogP contribution in [0, 0.1) is 23.2 Å². The summed E-state index contributed by atoms with van der Waals surface area (Å²) in [5, 5.41) is 2.54. The largest absolute Gasteiger partial charge is 0.483 e. The van der Waals surface area contributed by atoms with Crippen LogP contribution in [0.2, 0.25) is 0 Å². The molecule has 30 heavy (non-hydrogen) atoms. The van der Waals surface area contributed by atoms with E-state index < -0.39 is 0 Å². The lowest BCUT2D eigenvalue weighted by molar-refractivity contribution is -0.717. The Hall–Kier alpha value is -1.59. The highest BCUT2D eigenvalue weighted by molar-refractivity contribution is 5.77. The van der Waals surface area contributed by atoms with E-state index in [1.54, 1.807) is 0 Å². The standard InChI is InChI=1S/C25H36N2O3/c1-18(25-13-19-10-20(14-25)12-21(11-19)15-25)26-16-22-4-2-3-5-23(22)30-17-24(28)27-6-8-29-9-7-27/h2-5,18-21,26H,6-17H2,1H3/p+1/t18-,19?,20?,21?,25?/m0/s1. The second-order valence-electron chi connectivity index (χ2n) is 10.4. The molecule has 1 atom stereocenters. The Morgan fingerprint density at radius 3 is 2.43 bits per heavy atom. The summed E-state index contributed by atoms with van der Waals surface area (Å²) in [6, 6.07) is 8.88. The topological polar surface area (TPSA) is 55.4 Å². The van der Waals surface area contributed by atoms with Crippen molar-refractivity contribution in [3.8, 4) is 5.75 Å². The van der Waals surface area contributed by atoms with Gasteiger partial charge in [0.2, 0.25) is 0 Å². The first-order chi connectivity index (χ1) is 14.6. The van der Waals surface area contributed by atoms with Gasteiger partial charge in [-0.3, -0.25) is 4.79 Å². The van der Waals surface area contributed by atoms with Gasteiger partial charge in [-0.15, -0.1) is 0 Å². The van der Waals surface area contributed by atoms with Gasteiger partial charge in [-0.25, -0.2) is 0 Å². The molecule has 5 nitrogen and oxygen atoms in total. The summed E-state index contributed by atoms with van der Waals surface area (Å²) in [5.41, 5.74) is 1.75. The van der Waals surface area contributed by atoms with Gasteiger partial charge in [0.05, 0.1) is 19.3 Å². The zero-order valence-electron chi connectivity index (χ0n) is 18.4. The number of nitrogens with zero attached hydrogens (tertiary/aromatic N) is 1. The lowest BCUT2D eigenvalue weighted by atomic mass is 9.48. The number of rotatable bonds is 7. The molecule has 4 saturated carbocycles. The summed E-state index contributed by atoms with van der Waals surface area (Å²) in [6.07, 6.45) is 8.84. The average molecular weight is 414 g/mol. The van der Waals surface area contributed by atoms with Crippen LogP contribution in [-0.2, 0) is 16.1 Å². The molecule has 5 aliphatic rings. The molecule has 4 aliphatic carbocycles. The third kappa shape index (κ3) is 4.11. The normalized spacial score (nSPS) is 33.5. The molecule has 0 spiro atoms. The van der Waals surface area contributed by atoms with Crippen LogP contribution in [0.15, 0.2) is 24.3 Å². The first kappa shape index (κ1) is 20.3. The lowest BCUT2D eigenvalue weighted by Crippen LogP contribution is -2.91. The van der Waals surface area contributed by atoms with Gasteiger partial charge in [-0.1, -0.05) is 12.1 Å². The number of ether oxygens (including phenoxy) is 2. The highest BCUT2D eigenvalue weighted by Crippen LogP contribution is 2.60. The van der Waals surface area contributed by atoms with Gasteiger partial charge in [0.1, 0.15) is 12.3 Å². The number of hydrogen-bond acceptors (Lipinski definition) is 3. The Kier molecular flexibility index (Phi) is 5.76. The van der Waals surface area contributed by atoms with Crippen LogP contribution in [0.3, 0.4) is 0 Å². The van der Waals surface area contributed by atoms with Crippen molar-refractivity contribution >= 4 is 5.91 Å². The van der Waals surface area contributed by atoms with Crippen LogP contribution in [0.5, 0.6) is 5.75 Å². The SMILES string of the molecule is C[C@H]([NH2+]Cc1ccccc1OCC(=O)N1CCOCC1)C12CC3CC(CC(C3)C1)C2. The number of nitrogens with two attached hydrogens (primary N) is 1. The molecule has 2 N–H and O–H groups in total. The maximum Gasteiger partial charge on any atom is 0.260 e. The fourth-order valence-corrected chi connectivity index (χ4v) is 7.15. The molecule has 1 heterocycles. The summed E-state index contributed by atoms with van der Waals surface area (Å²) in [5.74, 6) is 3.89. The van der Waals surface area contributed by atoms with E-state index in [1.165, 1.54) is 44.1 Å². The van der Waals surface area contributed by atoms with Crippen molar-refractivity contribution in [2.24, 2.45) is 23.2 Å². The van der Waals surface area contributed by atoms with Gasteiger partial charge < -0.3 is 19.7 Å². The minimum atomic E-state index is 0.0546. The number of carbonyl (C=O) groups excluding carboxylic acids is 1. The fraction of sp³-hybridized carbons (Fsp3) is 0.720. The predicted octanol–water partition coefficient (Wildman–Crippen LogP) is 2.59. The molecule has 0 aromatic heterocycles. The Bertz CT molecular complexity index is 723. The minimum Gasteiger partial charge on any atom is -0.483 e. The second kappa shape index (κ2) is 8.51. The van der Waals surface area contributed by atoms with Crippen molar-refractivity contribution in [2.75, 3.05) is 32.9 Å². The lowest BCUT2D eigenvalue weighted by Gasteiger charge is -2.57. The summed E-state index contributed by atoms with van der Waals surface area (Å²) in [7, 11) is 0. The number of para-hydroxylation sites is 1. The van der Waals surface area contributed by atoms with Crippen molar-refractivity contribution < 1.29 is 19.6 Å². The molecule has 4 bridgehead atoms. The van der Waals surface area contributed by atoms with E-state index in [0.717, 1.165) is 30.0 Å². The Balaban J connectivity index is 1.18. The molecular weight excluding hydrogens is 376 g/mol. The summed E-state index contributed by atoms with van der Waals surface area (Å²) >= 11 is 0. The zero-order valence-corrected chi connectivity index (χ0v) is 18.4. The van der Waals surface area contributed by atoms with Crippen LogP contribution < -0.4 is 10.1 Å². The van der Waals surface area contributed by atoms with Crippen molar-refractivity contribution in [3.05, 3.63) is 29.8 Å². The number of quaternary nitrogens is 1. The van der Waals surface area contributed by atoms with E-state index >= 15 is 0 Å². The van der Waals surface area contributed by atoms with Gasteiger partial charge in [0.25, 0.3) is 5.91 Å². The van der Waals surface area contributed by atoms with Crippen molar-refractivity contribution in [1.29, 1.82) is 0 Å². The first-order valence-corrected chi connectivity index (χ1v) is 12.0. The van der Waals surface area contributed by atoms with Gasteiger partial charge >= 0.3 is 0 Å². The summed E-state index contributed by atoms with van der Waals surface area (Å²) < 4.78 is 11.3. The van der Waals surface area contributed by atoms with Crippen molar-refractivity contribution in [2.45, 2.75) is 58.0 Å². The van der Waals surface area contributed by atoms with E-state index in [2.05, 4.69) is 24.4 Å². The van der Waals surface area contributed by atoms with Gasteiger partial charge in [0, 0.05) is 24.1 Å². The highest BCUT2D eigenvalue weighted by atomic mass is 16.5. The molecule has 5 heteroatoms. The van der Waals surface area contributed by atoms with Crippen LogP contribution in [-0.4, -0.2) is 49.8 Å². The summed E-state index contributed by atoms with van der Waals surface area (Å²) in [6.45, 7) is 6.07. The van der Waals surface area contributed by atoms with Crippen LogP contribution in [0.1, 0.15) is 51.0 Å². The number of amides is 1. The number of benzene rings is 1. The molecule has 0 unspecified atom stereocenters. The average Bonchev–Trinajstić information content (AvgIpc) is 2.76. The maximum atomic E-state index is 12.4. The Labute approximate surface area is 180 Å². The number of carbonyl (C=O) groups is 1. The number of morpholine rings is 1. The molecule has 1 saturated heterocycles. The van der Waals surface area contributed by atoms with Gasteiger partial charge in [-0.2, -0.15) is 0 Å². The molecule has 6 rings (SSSR count). The van der Waals surface area contributed by atoms with Gasteiger partial charge in [-0.05, 0) is 75.3 Å². The monoisotopic (exact) mass is 413 g/mol. The first-order valence-electron chi connectivity index (χ1n) is 12.0.